The number of methoxy groups -OCH3 is 2. The molecule has 0 bridgehead atoms. The van der Waals surface area contributed by atoms with Crippen molar-refractivity contribution < 1.29 is 29.9 Å². The molecule has 0 aromatic heterocycles. The Kier molecular flexibility index (Phi) is 5.89. The van der Waals surface area contributed by atoms with Crippen LogP contribution in [0.15, 0.2) is 36.4 Å². The van der Waals surface area contributed by atoms with Gasteiger partial charge >= 0.3 is 0 Å². The van der Waals surface area contributed by atoms with E-state index in [1.54, 1.807) is 24.3 Å². The Morgan fingerprint density at radius 3 is 1.88 bits per heavy atom. The maximum Gasteiger partial charge on any atom is 0.160 e. The van der Waals surface area contributed by atoms with Crippen LogP contribution in [0.2, 0.25) is 0 Å². The van der Waals surface area contributed by atoms with Gasteiger partial charge in [0.2, 0.25) is 0 Å². The van der Waals surface area contributed by atoms with Crippen LogP contribution in [0.3, 0.4) is 0 Å². The van der Waals surface area contributed by atoms with Gasteiger partial charge in [-0.25, -0.2) is 0 Å². The molecule has 0 aliphatic heterocycles. The second kappa shape index (κ2) is 7.90. The fraction of sp³-hybridized carbons (Fsp3) is 0.333. The molecule has 6 heteroatoms. The Bertz CT molecular complexity index is 685. The molecule has 24 heavy (non-hydrogen) atoms. The number of hydrogen-bond donors (Lipinski definition) is 4. The van der Waals surface area contributed by atoms with E-state index in [0.717, 1.165) is 5.56 Å². The first-order valence-corrected chi connectivity index (χ1v) is 7.54. The smallest absolute Gasteiger partial charge is 0.160 e. The predicted molar refractivity (Wildman–Crippen MR) is 88.7 cm³/mol. The molecule has 0 heterocycles. The summed E-state index contributed by atoms with van der Waals surface area (Å²) in [6.45, 7) is -0.111. The van der Waals surface area contributed by atoms with Gasteiger partial charge in [-0.1, -0.05) is 12.1 Å². The standard InChI is InChI=1S/C18H22O6/c1-23-16-9-11(3-5-14(16)20)13(7-8-19)18(22)12-4-6-15(21)17(10-12)24-2/h3-6,9-10,13,18-22H,7-8H2,1-2H3/t13-,18-/m1/s1. The van der Waals surface area contributed by atoms with E-state index in [-0.39, 0.29) is 23.9 Å². The van der Waals surface area contributed by atoms with Crippen molar-refractivity contribution in [2.24, 2.45) is 0 Å². The van der Waals surface area contributed by atoms with Crippen molar-refractivity contribution in [1.29, 1.82) is 0 Å². The van der Waals surface area contributed by atoms with Gasteiger partial charge in [0.15, 0.2) is 23.0 Å². The molecule has 0 amide bonds. The van der Waals surface area contributed by atoms with E-state index >= 15 is 0 Å². The van der Waals surface area contributed by atoms with Gasteiger partial charge in [0.1, 0.15) is 0 Å². The Morgan fingerprint density at radius 2 is 1.38 bits per heavy atom. The van der Waals surface area contributed by atoms with Crippen LogP contribution in [0.25, 0.3) is 0 Å². The van der Waals surface area contributed by atoms with Gasteiger partial charge in [0.05, 0.1) is 20.3 Å². The molecular weight excluding hydrogens is 312 g/mol. The molecule has 0 fully saturated rings. The van der Waals surface area contributed by atoms with Gasteiger partial charge in [-0.3, -0.25) is 0 Å². The molecule has 2 rings (SSSR count). The zero-order valence-electron chi connectivity index (χ0n) is 13.6. The molecular formula is C18H22O6. The summed E-state index contributed by atoms with van der Waals surface area (Å²) < 4.78 is 10.2. The van der Waals surface area contributed by atoms with Crippen LogP contribution in [0.1, 0.15) is 29.6 Å². The summed E-state index contributed by atoms with van der Waals surface area (Å²) in [5, 5.41) is 39.5. The average Bonchev–Trinajstić information content (AvgIpc) is 2.60. The summed E-state index contributed by atoms with van der Waals surface area (Å²) in [6, 6.07) is 9.41. The summed E-state index contributed by atoms with van der Waals surface area (Å²) in [5.41, 5.74) is 1.27. The van der Waals surface area contributed by atoms with E-state index in [4.69, 9.17) is 9.47 Å². The largest absolute Gasteiger partial charge is 0.504 e. The topological polar surface area (TPSA) is 99.4 Å². The van der Waals surface area contributed by atoms with Crippen LogP contribution in [0, 0.1) is 0 Å². The Morgan fingerprint density at radius 1 is 0.875 bits per heavy atom. The maximum absolute atomic E-state index is 10.8. The number of ether oxygens (including phenoxy) is 2. The normalized spacial score (nSPS) is 13.3. The Hall–Kier alpha value is -2.44. The fourth-order valence-corrected chi connectivity index (χ4v) is 2.68. The third kappa shape index (κ3) is 3.72. The monoisotopic (exact) mass is 334 g/mol. The van der Waals surface area contributed by atoms with Crippen LogP contribution in [0.4, 0.5) is 0 Å². The van der Waals surface area contributed by atoms with Crippen LogP contribution in [0.5, 0.6) is 23.0 Å². The second-order valence-electron chi connectivity index (χ2n) is 5.43. The quantitative estimate of drug-likeness (QED) is 0.620. The average molecular weight is 334 g/mol. The molecule has 4 N–H and O–H groups in total. The third-order valence-electron chi connectivity index (χ3n) is 4.00. The zero-order valence-corrected chi connectivity index (χ0v) is 13.6. The highest BCUT2D eigenvalue weighted by Gasteiger charge is 2.24. The molecule has 2 atom stereocenters. The van der Waals surface area contributed by atoms with Crippen molar-refractivity contribution >= 4 is 0 Å². The number of rotatable bonds is 7. The Balaban J connectivity index is 2.39. The molecule has 0 unspecified atom stereocenters. The summed E-state index contributed by atoms with van der Waals surface area (Å²) in [4.78, 5) is 0. The summed E-state index contributed by atoms with van der Waals surface area (Å²) >= 11 is 0. The van der Waals surface area contributed by atoms with Crippen LogP contribution >= 0.6 is 0 Å². The van der Waals surface area contributed by atoms with Crippen molar-refractivity contribution in [2.45, 2.75) is 18.4 Å². The number of aromatic hydroxyl groups is 2. The molecule has 130 valence electrons. The van der Waals surface area contributed by atoms with E-state index in [0.29, 0.717) is 17.7 Å². The maximum atomic E-state index is 10.8. The highest BCUT2D eigenvalue weighted by molar-refractivity contribution is 5.45. The summed E-state index contributed by atoms with van der Waals surface area (Å²) in [5.74, 6) is 0.130. The number of hydrogen-bond acceptors (Lipinski definition) is 6. The van der Waals surface area contributed by atoms with Crippen LogP contribution in [-0.2, 0) is 0 Å². The molecule has 0 aliphatic rings. The molecule has 0 aliphatic carbocycles. The molecule has 0 saturated carbocycles. The highest BCUT2D eigenvalue weighted by atomic mass is 16.5. The van der Waals surface area contributed by atoms with Crippen molar-refractivity contribution in [2.75, 3.05) is 20.8 Å². The van der Waals surface area contributed by atoms with E-state index in [9.17, 15) is 20.4 Å². The van der Waals surface area contributed by atoms with Crippen molar-refractivity contribution in [1.82, 2.24) is 0 Å². The summed E-state index contributed by atoms with van der Waals surface area (Å²) in [6.07, 6.45) is -0.612. The minimum atomic E-state index is -0.930. The molecule has 0 saturated heterocycles. The SMILES string of the molecule is COc1cc([C@@H](O)[C@H](CCO)c2ccc(O)c(OC)c2)ccc1O. The Labute approximate surface area is 140 Å². The molecule has 6 nitrogen and oxygen atoms in total. The molecule has 2 aromatic rings. The summed E-state index contributed by atoms with van der Waals surface area (Å²) in [7, 11) is 2.88. The second-order valence-corrected chi connectivity index (χ2v) is 5.43. The van der Waals surface area contributed by atoms with Crippen molar-refractivity contribution in [3.05, 3.63) is 47.5 Å². The van der Waals surface area contributed by atoms with Crippen molar-refractivity contribution in [3.8, 4) is 23.0 Å². The number of aliphatic hydroxyl groups is 2. The van der Waals surface area contributed by atoms with Crippen molar-refractivity contribution in [3.63, 3.8) is 0 Å². The lowest BCUT2D eigenvalue weighted by molar-refractivity contribution is 0.126. The van der Waals surface area contributed by atoms with Gasteiger partial charge < -0.3 is 29.9 Å². The minimum Gasteiger partial charge on any atom is -0.504 e. The number of phenols is 2. The molecule has 0 radical (unpaired) electrons. The highest BCUT2D eigenvalue weighted by Crippen LogP contribution is 2.39. The van der Waals surface area contributed by atoms with E-state index in [2.05, 4.69) is 0 Å². The van der Waals surface area contributed by atoms with E-state index in [1.165, 1.54) is 26.4 Å². The van der Waals surface area contributed by atoms with Gasteiger partial charge in [0.25, 0.3) is 0 Å². The first kappa shape index (κ1) is 17.9. The van der Waals surface area contributed by atoms with E-state index in [1.807, 2.05) is 0 Å². The van der Waals surface area contributed by atoms with E-state index < -0.39 is 12.0 Å². The van der Waals surface area contributed by atoms with Gasteiger partial charge in [-0.2, -0.15) is 0 Å². The zero-order chi connectivity index (χ0) is 17.7. The lowest BCUT2D eigenvalue weighted by atomic mass is 9.86. The van der Waals surface area contributed by atoms with Gasteiger partial charge in [-0.05, 0) is 41.8 Å². The van der Waals surface area contributed by atoms with Gasteiger partial charge in [0, 0.05) is 12.5 Å². The minimum absolute atomic E-state index is 0.00444. The predicted octanol–water partition coefficient (Wildman–Crippen LogP) is 2.31. The number of phenolic OH excluding ortho intramolecular Hbond substituents is 2. The third-order valence-corrected chi connectivity index (χ3v) is 4.00. The number of benzene rings is 2. The molecule has 2 aromatic carbocycles. The first-order valence-electron chi connectivity index (χ1n) is 7.54. The van der Waals surface area contributed by atoms with Crippen LogP contribution < -0.4 is 9.47 Å². The lowest BCUT2D eigenvalue weighted by Crippen LogP contribution is -2.13. The first-order chi connectivity index (χ1) is 11.5. The van der Waals surface area contributed by atoms with Crippen LogP contribution in [-0.4, -0.2) is 41.3 Å². The number of aliphatic hydroxyl groups excluding tert-OH is 2. The fourth-order valence-electron chi connectivity index (χ4n) is 2.68. The van der Waals surface area contributed by atoms with Gasteiger partial charge in [-0.15, -0.1) is 0 Å². The lowest BCUT2D eigenvalue weighted by Gasteiger charge is -2.24. The molecule has 0 spiro atoms.